The van der Waals surface area contributed by atoms with Gasteiger partial charge in [0.25, 0.3) is 0 Å². The van der Waals surface area contributed by atoms with Crippen LogP contribution in [0.15, 0.2) is 24.4 Å². The first-order valence-electron chi connectivity index (χ1n) is 5.44. The molecule has 17 heavy (non-hydrogen) atoms. The number of aromatic nitrogens is 2. The maximum absolute atomic E-state index is 10.5. The van der Waals surface area contributed by atoms with Gasteiger partial charge in [-0.3, -0.25) is 4.68 Å². The Morgan fingerprint density at radius 3 is 2.35 bits per heavy atom. The lowest BCUT2D eigenvalue weighted by atomic mass is 9.96. The topological polar surface area (TPSA) is 38.1 Å². The summed E-state index contributed by atoms with van der Waals surface area (Å²) in [6, 6.07) is 5.94. The fourth-order valence-corrected chi connectivity index (χ4v) is 2.39. The van der Waals surface area contributed by atoms with E-state index in [1.54, 1.807) is 17.9 Å². The van der Waals surface area contributed by atoms with Gasteiger partial charge in [0.2, 0.25) is 0 Å². The number of aryl methyl sites for hydroxylation is 3. The SMILES string of the molecule is Cc1cccc(C)c1C(O)c1c(Cl)cnn1C. The van der Waals surface area contributed by atoms with Crippen LogP contribution in [0, 0.1) is 13.8 Å². The van der Waals surface area contributed by atoms with Crippen LogP contribution in [-0.2, 0) is 7.05 Å². The summed E-state index contributed by atoms with van der Waals surface area (Å²) in [5.41, 5.74) is 3.63. The monoisotopic (exact) mass is 250 g/mol. The number of hydrogen-bond donors (Lipinski definition) is 1. The van der Waals surface area contributed by atoms with Gasteiger partial charge in [-0.2, -0.15) is 5.10 Å². The van der Waals surface area contributed by atoms with E-state index in [1.165, 1.54) is 0 Å². The van der Waals surface area contributed by atoms with E-state index in [2.05, 4.69) is 5.10 Å². The van der Waals surface area contributed by atoms with Crippen LogP contribution in [0.4, 0.5) is 0 Å². The van der Waals surface area contributed by atoms with E-state index in [1.807, 2.05) is 32.0 Å². The molecule has 1 N–H and O–H groups in total. The normalized spacial score (nSPS) is 12.8. The summed E-state index contributed by atoms with van der Waals surface area (Å²) in [4.78, 5) is 0. The Balaban J connectivity index is 2.55. The van der Waals surface area contributed by atoms with E-state index >= 15 is 0 Å². The molecule has 0 fully saturated rings. The summed E-state index contributed by atoms with van der Waals surface area (Å²) < 4.78 is 1.61. The standard InChI is InChI=1S/C13H15ClN2O/c1-8-5-4-6-9(2)11(8)13(17)12-10(14)7-15-16(12)3/h4-7,13,17H,1-3H3. The van der Waals surface area contributed by atoms with Crippen molar-refractivity contribution in [3.05, 3.63) is 51.8 Å². The molecule has 1 aromatic heterocycles. The van der Waals surface area contributed by atoms with Crippen LogP contribution in [-0.4, -0.2) is 14.9 Å². The van der Waals surface area contributed by atoms with Gasteiger partial charge in [-0.15, -0.1) is 0 Å². The second-order valence-corrected chi connectivity index (χ2v) is 4.62. The zero-order valence-corrected chi connectivity index (χ0v) is 10.9. The van der Waals surface area contributed by atoms with Gasteiger partial charge in [0.05, 0.1) is 16.9 Å². The molecule has 0 saturated carbocycles. The Morgan fingerprint density at radius 1 is 1.29 bits per heavy atom. The Labute approximate surface area is 106 Å². The van der Waals surface area contributed by atoms with E-state index in [9.17, 15) is 5.11 Å². The Morgan fingerprint density at radius 2 is 1.88 bits per heavy atom. The van der Waals surface area contributed by atoms with Crippen LogP contribution in [0.3, 0.4) is 0 Å². The van der Waals surface area contributed by atoms with Crippen molar-refractivity contribution >= 4 is 11.6 Å². The minimum Gasteiger partial charge on any atom is -0.382 e. The molecule has 0 radical (unpaired) electrons. The largest absolute Gasteiger partial charge is 0.382 e. The average Bonchev–Trinajstić information content (AvgIpc) is 2.58. The highest BCUT2D eigenvalue weighted by Crippen LogP contribution is 2.31. The van der Waals surface area contributed by atoms with Crippen LogP contribution in [0.2, 0.25) is 5.02 Å². The number of hydrogen-bond acceptors (Lipinski definition) is 2. The summed E-state index contributed by atoms with van der Waals surface area (Å²) >= 11 is 6.05. The molecule has 3 nitrogen and oxygen atoms in total. The molecule has 4 heteroatoms. The molecule has 90 valence electrons. The molecule has 0 aliphatic carbocycles. The van der Waals surface area contributed by atoms with Gasteiger partial charge in [-0.25, -0.2) is 0 Å². The molecular formula is C13H15ClN2O. The van der Waals surface area contributed by atoms with Crippen LogP contribution in [0.5, 0.6) is 0 Å². The summed E-state index contributed by atoms with van der Waals surface area (Å²) in [7, 11) is 1.78. The third-order valence-electron chi connectivity index (χ3n) is 3.01. The molecule has 2 rings (SSSR count). The maximum Gasteiger partial charge on any atom is 0.123 e. The highest BCUT2D eigenvalue weighted by Gasteiger charge is 2.21. The van der Waals surface area contributed by atoms with Crippen molar-refractivity contribution in [2.75, 3.05) is 0 Å². The van der Waals surface area contributed by atoms with Crippen molar-refractivity contribution in [2.24, 2.45) is 7.05 Å². The minimum absolute atomic E-state index is 0.489. The number of halogens is 1. The van der Waals surface area contributed by atoms with E-state index in [4.69, 9.17) is 11.6 Å². The highest BCUT2D eigenvalue weighted by atomic mass is 35.5. The lowest BCUT2D eigenvalue weighted by molar-refractivity contribution is 0.208. The van der Waals surface area contributed by atoms with E-state index < -0.39 is 6.10 Å². The van der Waals surface area contributed by atoms with Crippen molar-refractivity contribution in [3.8, 4) is 0 Å². The summed E-state index contributed by atoms with van der Waals surface area (Å²) in [5.74, 6) is 0. The third-order valence-corrected chi connectivity index (χ3v) is 3.30. The summed E-state index contributed by atoms with van der Waals surface area (Å²) in [5, 5.41) is 15.0. The molecule has 1 aromatic carbocycles. The first-order valence-corrected chi connectivity index (χ1v) is 5.81. The zero-order chi connectivity index (χ0) is 12.6. The quantitative estimate of drug-likeness (QED) is 0.890. The van der Waals surface area contributed by atoms with Crippen LogP contribution < -0.4 is 0 Å². The molecule has 0 bridgehead atoms. The molecule has 0 aliphatic heterocycles. The van der Waals surface area contributed by atoms with Gasteiger partial charge in [-0.1, -0.05) is 29.8 Å². The molecule has 1 heterocycles. The predicted molar refractivity (Wildman–Crippen MR) is 68.2 cm³/mol. The lowest BCUT2D eigenvalue weighted by Crippen LogP contribution is -2.10. The predicted octanol–water partition coefficient (Wildman–Crippen LogP) is 2.77. The number of aliphatic hydroxyl groups is 1. The van der Waals surface area contributed by atoms with Gasteiger partial charge in [0, 0.05) is 7.05 Å². The van der Waals surface area contributed by atoms with Gasteiger partial charge in [0.15, 0.2) is 0 Å². The number of benzene rings is 1. The van der Waals surface area contributed by atoms with E-state index in [0.29, 0.717) is 10.7 Å². The van der Waals surface area contributed by atoms with Crippen LogP contribution in [0.1, 0.15) is 28.5 Å². The maximum atomic E-state index is 10.5. The molecule has 1 unspecified atom stereocenters. The first kappa shape index (κ1) is 12.1. The molecule has 1 atom stereocenters. The Hall–Kier alpha value is -1.32. The molecule has 0 spiro atoms. The van der Waals surface area contributed by atoms with Crippen LogP contribution in [0.25, 0.3) is 0 Å². The van der Waals surface area contributed by atoms with E-state index in [-0.39, 0.29) is 0 Å². The second-order valence-electron chi connectivity index (χ2n) is 4.21. The number of aliphatic hydroxyl groups excluding tert-OH is 1. The second kappa shape index (κ2) is 4.51. The molecule has 0 aliphatic rings. The van der Waals surface area contributed by atoms with Gasteiger partial charge in [0.1, 0.15) is 6.10 Å². The first-order chi connectivity index (χ1) is 8.02. The minimum atomic E-state index is -0.740. The van der Waals surface area contributed by atoms with Crippen LogP contribution >= 0.6 is 11.6 Å². The number of nitrogens with zero attached hydrogens (tertiary/aromatic N) is 2. The smallest absolute Gasteiger partial charge is 0.123 e. The third kappa shape index (κ3) is 2.08. The van der Waals surface area contributed by atoms with Gasteiger partial charge in [-0.05, 0) is 30.5 Å². The van der Waals surface area contributed by atoms with Crippen molar-refractivity contribution < 1.29 is 5.11 Å². The zero-order valence-electron chi connectivity index (χ0n) is 10.1. The van der Waals surface area contributed by atoms with Gasteiger partial charge >= 0.3 is 0 Å². The van der Waals surface area contributed by atoms with Crippen molar-refractivity contribution in [1.29, 1.82) is 0 Å². The summed E-state index contributed by atoms with van der Waals surface area (Å²) in [6.07, 6.45) is 0.810. The van der Waals surface area contributed by atoms with E-state index in [0.717, 1.165) is 16.7 Å². The Bertz CT molecular complexity index is 509. The molecule has 2 aromatic rings. The van der Waals surface area contributed by atoms with Crippen molar-refractivity contribution in [2.45, 2.75) is 20.0 Å². The fraction of sp³-hybridized carbons (Fsp3) is 0.308. The molecular weight excluding hydrogens is 236 g/mol. The highest BCUT2D eigenvalue weighted by molar-refractivity contribution is 6.31. The fourth-order valence-electron chi connectivity index (χ4n) is 2.12. The average molecular weight is 251 g/mol. The lowest BCUT2D eigenvalue weighted by Gasteiger charge is -2.17. The van der Waals surface area contributed by atoms with Crippen molar-refractivity contribution in [1.82, 2.24) is 9.78 Å². The van der Waals surface area contributed by atoms with Crippen molar-refractivity contribution in [3.63, 3.8) is 0 Å². The molecule has 0 amide bonds. The van der Waals surface area contributed by atoms with Gasteiger partial charge < -0.3 is 5.11 Å². The number of rotatable bonds is 2. The molecule has 0 saturated heterocycles. The Kier molecular flexibility index (Phi) is 3.22. The summed E-state index contributed by atoms with van der Waals surface area (Å²) in [6.45, 7) is 3.96.